The third-order valence-electron chi connectivity index (χ3n) is 2.86. The Balaban J connectivity index is 2.54. The lowest BCUT2D eigenvalue weighted by molar-refractivity contribution is -0.138. The minimum absolute atomic E-state index is 0.0499. The number of nitrogens with two attached hydrogens (primary N) is 1. The van der Waals surface area contributed by atoms with Crippen LogP contribution in [0.1, 0.15) is 5.56 Å². The van der Waals surface area contributed by atoms with Crippen LogP contribution >= 0.6 is 0 Å². The van der Waals surface area contributed by atoms with Crippen LogP contribution in [-0.2, 0) is 16.0 Å². The monoisotopic (exact) mass is 263 g/mol. The van der Waals surface area contributed by atoms with E-state index in [1.807, 2.05) is 30.3 Å². The van der Waals surface area contributed by atoms with Gasteiger partial charge in [0.1, 0.15) is 0 Å². The molecule has 0 unspecified atom stereocenters. The Bertz CT molecular complexity index is 432. The van der Waals surface area contributed by atoms with Gasteiger partial charge in [0, 0.05) is 21.1 Å². The summed E-state index contributed by atoms with van der Waals surface area (Å²) >= 11 is 0. The number of nitrogens with zero attached hydrogens (tertiary/aromatic N) is 2. The molecular weight excluding hydrogens is 242 g/mol. The van der Waals surface area contributed by atoms with Crippen molar-refractivity contribution in [3.8, 4) is 0 Å². The van der Waals surface area contributed by atoms with Gasteiger partial charge in [0.25, 0.3) is 0 Å². The average Bonchev–Trinajstić information content (AvgIpc) is 2.38. The van der Waals surface area contributed by atoms with Gasteiger partial charge in [-0.1, -0.05) is 30.3 Å². The highest BCUT2D eigenvalue weighted by Crippen LogP contribution is 2.03. The molecule has 0 aliphatic heterocycles. The summed E-state index contributed by atoms with van der Waals surface area (Å²) < 4.78 is 0. The molecule has 0 aliphatic rings. The topological polar surface area (TPSA) is 66.6 Å². The van der Waals surface area contributed by atoms with E-state index in [4.69, 9.17) is 5.73 Å². The van der Waals surface area contributed by atoms with E-state index >= 15 is 0 Å². The molecule has 2 N–H and O–H groups in total. The van der Waals surface area contributed by atoms with Gasteiger partial charge in [0.05, 0.1) is 12.6 Å². The summed E-state index contributed by atoms with van der Waals surface area (Å²) in [5.41, 5.74) is 6.90. The molecule has 2 amide bonds. The van der Waals surface area contributed by atoms with E-state index in [9.17, 15) is 9.59 Å². The maximum absolute atomic E-state index is 12.0. The fourth-order valence-electron chi connectivity index (χ4n) is 1.66. The lowest BCUT2D eigenvalue weighted by atomic mass is 10.1. The quantitative estimate of drug-likeness (QED) is 0.819. The number of benzene rings is 1. The summed E-state index contributed by atoms with van der Waals surface area (Å²) in [6.45, 7) is 0.0499. The van der Waals surface area contributed by atoms with Crippen molar-refractivity contribution >= 4 is 11.8 Å². The Hall–Kier alpha value is -1.88. The second kappa shape index (κ2) is 6.89. The van der Waals surface area contributed by atoms with Gasteiger partial charge in [-0.3, -0.25) is 9.59 Å². The molecule has 0 spiro atoms. The van der Waals surface area contributed by atoms with Crippen LogP contribution in [0.25, 0.3) is 0 Å². The molecule has 104 valence electrons. The SMILES string of the molecule is CN(C)C(=O)CN(C)C(=O)[C@H](N)Cc1ccccc1. The second-order valence-electron chi connectivity index (χ2n) is 4.78. The maximum Gasteiger partial charge on any atom is 0.241 e. The van der Waals surface area contributed by atoms with Crippen LogP contribution in [0, 0.1) is 0 Å². The molecule has 0 bridgehead atoms. The van der Waals surface area contributed by atoms with Crippen molar-refractivity contribution in [1.29, 1.82) is 0 Å². The summed E-state index contributed by atoms with van der Waals surface area (Å²) in [5.74, 6) is -0.346. The Morgan fingerprint density at radius 1 is 1.16 bits per heavy atom. The molecule has 0 radical (unpaired) electrons. The van der Waals surface area contributed by atoms with Gasteiger partial charge in [-0.05, 0) is 12.0 Å². The molecule has 5 heteroatoms. The summed E-state index contributed by atoms with van der Waals surface area (Å²) in [4.78, 5) is 26.4. The van der Waals surface area contributed by atoms with Gasteiger partial charge in [-0.2, -0.15) is 0 Å². The fourth-order valence-corrected chi connectivity index (χ4v) is 1.66. The number of hydrogen-bond acceptors (Lipinski definition) is 3. The molecule has 0 aromatic heterocycles. The number of likely N-dealkylation sites (N-methyl/N-ethyl adjacent to an activating group) is 2. The summed E-state index contributed by atoms with van der Waals surface area (Å²) in [6, 6.07) is 8.97. The van der Waals surface area contributed by atoms with Crippen molar-refractivity contribution in [3.05, 3.63) is 35.9 Å². The molecule has 1 aromatic carbocycles. The minimum Gasteiger partial charge on any atom is -0.347 e. The van der Waals surface area contributed by atoms with E-state index in [1.165, 1.54) is 9.80 Å². The van der Waals surface area contributed by atoms with E-state index < -0.39 is 6.04 Å². The third-order valence-corrected chi connectivity index (χ3v) is 2.86. The summed E-state index contributed by atoms with van der Waals surface area (Å²) in [6.07, 6.45) is 0.472. The van der Waals surface area contributed by atoms with Crippen molar-refractivity contribution in [3.63, 3.8) is 0 Å². The molecular formula is C14H21N3O2. The number of carbonyl (C=O) groups is 2. The van der Waals surface area contributed by atoms with Crippen LogP contribution in [-0.4, -0.2) is 55.3 Å². The van der Waals surface area contributed by atoms with Crippen molar-refractivity contribution < 1.29 is 9.59 Å². The number of hydrogen-bond donors (Lipinski definition) is 1. The summed E-state index contributed by atoms with van der Waals surface area (Å²) in [7, 11) is 4.91. The predicted molar refractivity (Wildman–Crippen MR) is 74.5 cm³/mol. The van der Waals surface area contributed by atoms with Crippen LogP contribution in [0.2, 0.25) is 0 Å². The van der Waals surface area contributed by atoms with Crippen LogP contribution < -0.4 is 5.73 Å². The van der Waals surface area contributed by atoms with E-state index in [1.54, 1.807) is 21.1 Å². The molecule has 0 aliphatic carbocycles. The maximum atomic E-state index is 12.0. The summed E-state index contributed by atoms with van der Waals surface area (Å²) in [5, 5.41) is 0. The molecule has 0 saturated carbocycles. The minimum atomic E-state index is -0.623. The molecule has 0 saturated heterocycles. The lowest BCUT2D eigenvalue weighted by Gasteiger charge is -2.22. The first-order valence-corrected chi connectivity index (χ1v) is 6.16. The molecule has 0 fully saturated rings. The zero-order chi connectivity index (χ0) is 14.4. The Morgan fingerprint density at radius 3 is 2.26 bits per heavy atom. The number of rotatable bonds is 5. The zero-order valence-corrected chi connectivity index (χ0v) is 11.7. The first-order chi connectivity index (χ1) is 8.91. The van der Waals surface area contributed by atoms with Gasteiger partial charge in [-0.15, -0.1) is 0 Å². The first-order valence-electron chi connectivity index (χ1n) is 6.16. The number of carbonyl (C=O) groups excluding carboxylic acids is 2. The van der Waals surface area contributed by atoms with Crippen molar-refractivity contribution in [1.82, 2.24) is 9.80 Å². The van der Waals surface area contributed by atoms with E-state index in [-0.39, 0.29) is 18.4 Å². The first kappa shape index (κ1) is 15.2. The highest BCUT2D eigenvalue weighted by Gasteiger charge is 2.20. The van der Waals surface area contributed by atoms with Gasteiger partial charge < -0.3 is 15.5 Å². The van der Waals surface area contributed by atoms with Crippen molar-refractivity contribution in [2.75, 3.05) is 27.7 Å². The normalized spacial score (nSPS) is 11.8. The second-order valence-corrected chi connectivity index (χ2v) is 4.78. The van der Waals surface area contributed by atoms with Crippen LogP contribution in [0.15, 0.2) is 30.3 Å². The Kier molecular flexibility index (Phi) is 5.51. The lowest BCUT2D eigenvalue weighted by Crippen LogP contribution is -2.46. The van der Waals surface area contributed by atoms with Crippen LogP contribution in [0.5, 0.6) is 0 Å². The molecule has 1 aromatic rings. The van der Waals surface area contributed by atoms with Crippen LogP contribution in [0.3, 0.4) is 0 Å². The molecule has 19 heavy (non-hydrogen) atoms. The number of amides is 2. The molecule has 0 heterocycles. The van der Waals surface area contributed by atoms with Gasteiger partial charge >= 0.3 is 0 Å². The van der Waals surface area contributed by atoms with Crippen molar-refractivity contribution in [2.24, 2.45) is 5.73 Å². The molecule has 5 nitrogen and oxygen atoms in total. The van der Waals surface area contributed by atoms with Gasteiger partial charge in [0.15, 0.2) is 0 Å². The highest BCUT2D eigenvalue weighted by atomic mass is 16.2. The smallest absolute Gasteiger partial charge is 0.241 e. The molecule has 1 atom stereocenters. The zero-order valence-electron chi connectivity index (χ0n) is 11.7. The third kappa shape index (κ3) is 4.71. The van der Waals surface area contributed by atoms with Crippen molar-refractivity contribution in [2.45, 2.75) is 12.5 Å². The Labute approximate surface area is 114 Å². The van der Waals surface area contributed by atoms with E-state index in [0.29, 0.717) is 6.42 Å². The van der Waals surface area contributed by atoms with Gasteiger partial charge in [0.2, 0.25) is 11.8 Å². The average molecular weight is 263 g/mol. The fraction of sp³-hybridized carbons (Fsp3) is 0.429. The largest absolute Gasteiger partial charge is 0.347 e. The van der Waals surface area contributed by atoms with Crippen LogP contribution in [0.4, 0.5) is 0 Å². The predicted octanol–water partition coefficient (Wildman–Crippen LogP) is 0.103. The highest BCUT2D eigenvalue weighted by molar-refractivity contribution is 5.87. The van der Waals surface area contributed by atoms with E-state index in [0.717, 1.165) is 5.56 Å². The van der Waals surface area contributed by atoms with E-state index in [2.05, 4.69) is 0 Å². The van der Waals surface area contributed by atoms with Gasteiger partial charge in [-0.25, -0.2) is 0 Å². The molecule has 1 rings (SSSR count). The standard InChI is InChI=1S/C14H21N3O2/c1-16(2)13(18)10-17(3)14(19)12(15)9-11-7-5-4-6-8-11/h4-8,12H,9-10,15H2,1-3H3/t12-/m1/s1. The Morgan fingerprint density at radius 2 is 1.74 bits per heavy atom.